The third-order valence-electron chi connectivity index (χ3n) is 18.1. The van der Waals surface area contributed by atoms with E-state index in [4.69, 9.17) is 28.4 Å². The smallest absolute Gasteiger partial charge is 0.364 e. The summed E-state index contributed by atoms with van der Waals surface area (Å²) in [5.41, 5.74) is 0. The van der Waals surface area contributed by atoms with Crippen molar-refractivity contribution in [1.82, 2.24) is 10.6 Å². The van der Waals surface area contributed by atoms with Crippen LogP contribution >= 0.6 is 0 Å². The standard InChI is InChI=1S/C66H124N2O21/c1-4-6-8-10-12-14-16-18-20-22-23-24-25-27-29-31-33-35-37-39-48(73)47(68-53(76)40-38-36-34-32-30-28-26-21-19-17-15-13-11-9-7-5-2)45-84-63-58(80)57(79)60(52(44-71)86-63)87-64-59(81)62(56(78)51(43-70)85-64)89-66(65(82)83)41-49(74)54(67-46(3)72)61(88-66)55(77)50(75)42-69/h47-52,54-64,69-71,73-75,77-81H,4-45H2,1-3H3,(H,67,72)(H,68,76)(H,82,83). The van der Waals surface area contributed by atoms with Crippen LogP contribution < -0.4 is 10.6 Å². The van der Waals surface area contributed by atoms with Gasteiger partial charge in [0.25, 0.3) is 5.79 Å². The van der Waals surface area contributed by atoms with Gasteiger partial charge in [0.05, 0.1) is 50.7 Å². The molecule has 0 radical (unpaired) electrons. The molecule has 89 heavy (non-hydrogen) atoms. The van der Waals surface area contributed by atoms with E-state index < -0.39 is 148 Å². The molecule has 3 rings (SSSR count). The van der Waals surface area contributed by atoms with E-state index in [0.717, 1.165) is 51.9 Å². The van der Waals surface area contributed by atoms with Gasteiger partial charge in [0, 0.05) is 19.8 Å². The van der Waals surface area contributed by atoms with E-state index in [9.17, 15) is 75.7 Å². The summed E-state index contributed by atoms with van der Waals surface area (Å²) in [5.74, 6) is -6.09. The molecule has 18 atom stereocenters. The first kappa shape index (κ1) is 81.0. The van der Waals surface area contributed by atoms with Crippen molar-refractivity contribution in [3.05, 3.63) is 0 Å². The van der Waals surface area contributed by atoms with Crippen molar-refractivity contribution in [2.24, 2.45) is 0 Å². The van der Waals surface area contributed by atoms with Crippen molar-refractivity contribution in [1.29, 1.82) is 0 Å². The van der Waals surface area contributed by atoms with Crippen LogP contribution in [-0.4, -0.2) is 215 Å². The Hall–Kier alpha value is -2.27. The van der Waals surface area contributed by atoms with Crippen LogP contribution in [0.2, 0.25) is 0 Å². The number of hydrogen-bond acceptors (Lipinski definition) is 20. The summed E-state index contributed by atoms with van der Waals surface area (Å²) in [4.78, 5) is 38.5. The van der Waals surface area contributed by atoms with Crippen molar-refractivity contribution < 1.29 is 104 Å². The predicted octanol–water partition coefficient (Wildman–Crippen LogP) is 6.12. The number of aliphatic hydroxyl groups excluding tert-OH is 11. The molecule has 0 aromatic heterocycles. The number of ether oxygens (including phenoxy) is 6. The van der Waals surface area contributed by atoms with E-state index in [1.807, 2.05) is 0 Å². The highest BCUT2D eigenvalue weighted by Crippen LogP contribution is 2.39. The number of carbonyl (C=O) groups excluding carboxylic acids is 2. The second kappa shape index (κ2) is 47.6. The number of aliphatic carboxylic acids is 1. The third kappa shape index (κ3) is 30.3. The molecular formula is C66H124N2O21. The van der Waals surface area contributed by atoms with Gasteiger partial charge in [-0.25, -0.2) is 4.79 Å². The topological polar surface area (TPSA) is 373 Å². The number of carboxylic acid groups (broad SMARTS) is 1. The second-order valence-corrected chi connectivity index (χ2v) is 25.8. The normalized spacial score (nSPS) is 28.7. The summed E-state index contributed by atoms with van der Waals surface area (Å²) < 4.78 is 34.9. The summed E-state index contributed by atoms with van der Waals surface area (Å²) in [6.45, 7) is 2.23. The highest BCUT2D eigenvalue weighted by Gasteiger charge is 2.60. The van der Waals surface area contributed by atoms with Gasteiger partial charge >= 0.3 is 5.97 Å². The lowest BCUT2D eigenvalue weighted by molar-refractivity contribution is -0.386. The van der Waals surface area contributed by atoms with Gasteiger partial charge in [0.15, 0.2) is 12.6 Å². The first-order valence-corrected chi connectivity index (χ1v) is 34.9. The summed E-state index contributed by atoms with van der Waals surface area (Å²) in [7, 11) is 0. The molecule has 3 aliphatic rings. The third-order valence-corrected chi connectivity index (χ3v) is 18.1. The zero-order chi connectivity index (χ0) is 65.4. The maximum atomic E-state index is 13.5. The minimum Gasteiger partial charge on any atom is -0.477 e. The molecule has 3 heterocycles. The Bertz CT molecular complexity index is 1810. The quantitative estimate of drug-likeness (QED) is 0.0305. The monoisotopic (exact) mass is 1280 g/mol. The highest BCUT2D eigenvalue weighted by atomic mass is 16.8. The zero-order valence-corrected chi connectivity index (χ0v) is 54.6. The number of amides is 2. The summed E-state index contributed by atoms with van der Waals surface area (Å²) in [6.07, 6.45) is 13.8. The van der Waals surface area contributed by atoms with Gasteiger partial charge in [0.1, 0.15) is 67.1 Å². The molecule has 23 nitrogen and oxygen atoms in total. The van der Waals surface area contributed by atoms with Crippen LogP contribution in [0.4, 0.5) is 0 Å². The number of hydrogen-bond donors (Lipinski definition) is 14. The van der Waals surface area contributed by atoms with Gasteiger partial charge < -0.3 is 100 Å². The zero-order valence-electron chi connectivity index (χ0n) is 54.6. The summed E-state index contributed by atoms with van der Waals surface area (Å²) in [5, 5.41) is 136. The molecule has 0 bridgehead atoms. The lowest BCUT2D eigenvalue weighted by Crippen LogP contribution is -2.70. The first-order chi connectivity index (χ1) is 42.9. The lowest BCUT2D eigenvalue weighted by atomic mass is 9.88. The maximum absolute atomic E-state index is 13.5. The largest absolute Gasteiger partial charge is 0.477 e. The molecule has 0 aromatic rings. The van der Waals surface area contributed by atoms with Crippen molar-refractivity contribution in [2.45, 2.75) is 375 Å². The maximum Gasteiger partial charge on any atom is 0.364 e. The molecule has 0 aromatic carbocycles. The van der Waals surface area contributed by atoms with Crippen molar-refractivity contribution >= 4 is 17.8 Å². The molecule has 0 spiro atoms. The molecule has 3 aliphatic heterocycles. The van der Waals surface area contributed by atoms with E-state index in [1.165, 1.54) is 167 Å². The average Bonchev–Trinajstić information content (AvgIpc) is 0.868. The fourth-order valence-corrected chi connectivity index (χ4v) is 12.5. The minimum absolute atomic E-state index is 0.229. The molecule has 524 valence electrons. The Labute approximate surface area is 531 Å². The van der Waals surface area contributed by atoms with Crippen LogP contribution in [0.15, 0.2) is 0 Å². The van der Waals surface area contributed by atoms with Crippen LogP contribution in [-0.2, 0) is 42.8 Å². The van der Waals surface area contributed by atoms with Crippen molar-refractivity contribution in [3.63, 3.8) is 0 Å². The minimum atomic E-state index is -3.08. The van der Waals surface area contributed by atoms with Crippen LogP contribution in [0, 0.1) is 0 Å². The molecule has 23 heteroatoms. The lowest BCUT2D eigenvalue weighted by Gasteiger charge is -2.50. The Kier molecular flexibility index (Phi) is 43.3. The summed E-state index contributed by atoms with van der Waals surface area (Å²) >= 11 is 0. The molecular weight excluding hydrogens is 1160 g/mol. The van der Waals surface area contributed by atoms with Gasteiger partial charge in [0.2, 0.25) is 11.8 Å². The number of unbranched alkanes of at least 4 members (excludes halogenated alkanes) is 33. The number of carbonyl (C=O) groups is 3. The van der Waals surface area contributed by atoms with Crippen LogP contribution in [0.25, 0.3) is 0 Å². The average molecular weight is 1280 g/mol. The Balaban J connectivity index is 1.60. The molecule has 0 aliphatic carbocycles. The number of aliphatic hydroxyl groups is 11. The Morgan fingerprint density at radius 3 is 1.40 bits per heavy atom. The molecule has 0 saturated carbocycles. The molecule has 14 N–H and O–H groups in total. The van der Waals surface area contributed by atoms with Crippen LogP contribution in [0.3, 0.4) is 0 Å². The van der Waals surface area contributed by atoms with Gasteiger partial charge in [-0.05, 0) is 12.8 Å². The Morgan fingerprint density at radius 2 is 0.978 bits per heavy atom. The van der Waals surface area contributed by atoms with Crippen molar-refractivity contribution in [2.75, 3.05) is 26.4 Å². The van der Waals surface area contributed by atoms with E-state index in [-0.39, 0.29) is 18.9 Å². The fraction of sp³-hybridized carbons (Fsp3) is 0.955. The van der Waals surface area contributed by atoms with E-state index in [0.29, 0.717) is 19.3 Å². The van der Waals surface area contributed by atoms with Crippen LogP contribution in [0.5, 0.6) is 0 Å². The van der Waals surface area contributed by atoms with Crippen molar-refractivity contribution in [3.8, 4) is 0 Å². The summed E-state index contributed by atoms with van der Waals surface area (Å²) in [6, 6.07) is -2.52. The van der Waals surface area contributed by atoms with E-state index in [2.05, 4.69) is 24.5 Å². The highest BCUT2D eigenvalue weighted by molar-refractivity contribution is 5.77. The molecule has 2 amide bonds. The van der Waals surface area contributed by atoms with E-state index >= 15 is 0 Å². The first-order valence-electron chi connectivity index (χ1n) is 34.9. The molecule has 3 saturated heterocycles. The Morgan fingerprint density at radius 1 is 0.539 bits per heavy atom. The predicted molar refractivity (Wildman–Crippen MR) is 334 cm³/mol. The van der Waals surface area contributed by atoms with Gasteiger partial charge in [-0.1, -0.05) is 232 Å². The second-order valence-electron chi connectivity index (χ2n) is 25.8. The molecule has 3 fully saturated rings. The number of rotatable bonds is 53. The molecule has 18 unspecified atom stereocenters. The van der Waals surface area contributed by atoms with Gasteiger partial charge in [-0.3, -0.25) is 9.59 Å². The van der Waals surface area contributed by atoms with E-state index in [1.54, 1.807) is 0 Å². The number of carboxylic acids is 1. The number of nitrogens with one attached hydrogen (secondary N) is 2. The van der Waals surface area contributed by atoms with Crippen LogP contribution in [0.1, 0.15) is 265 Å². The SMILES string of the molecule is CCCCCCCCCCCCCCCCCCCCCC(O)C(COC1OC(CO)C(OC2OC(CO)C(O)C(OC3(C(=O)O)CC(O)C(NC(C)=O)C(C(O)C(O)CO)O3)C2O)C(O)C1O)NC(=O)CCCCCCCCCCCCCCCCCC. The van der Waals surface area contributed by atoms with Gasteiger partial charge in [-0.15, -0.1) is 0 Å². The van der Waals surface area contributed by atoms with Gasteiger partial charge in [-0.2, -0.15) is 0 Å². The fourth-order valence-electron chi connectivity index (χ4n) is 12.5.